The number of carbonyl (C=O) groups is 2. The van der Waals surface area contributed by atoms with E-state index in [0.717, 1.165) is 30.4 Å². The van der Waals surface area contributed by atoms with E-state index in [-0.39, 0.29) is 16.2 Å². The quantitative estimate of drug-likeness (QED) is 0.530. The van der Waals surface area contributed by atoms with Gasteiger partial charge in [0.25, 0.3) is 10.0 Å². The number of esters is 1. The fraction of sp³-hybridized carbons (Fsp3) is 0.348. The molecule has 0 aliphatic carbocycles. The first-order chi connectivity index (χ1) is 14.8. The summed E-state index contributed by atoms with van der Waals surface area (Å²) in [6.45, 7) is 3.98. The number of amidine groups is 1. The predicted molar refractivity (Wildman–Crippen MR) is 117 cm³/mol. The van der Waals surface area contributed by atoms with Crippen LogP contribution in [0.5, 0.6) is 0 Å². The SMILES string of the molecule is Cc1ccc(C)c(C(=O)COC(=O)c2ccc3c(c2)S(=O)(=O)N=C2CCCCCN23)c1. The van der Waals surface area contributed by atoms with Crippen molar-refractivity contribution in [2.24, 2.45) is 4.40 Å². The number of anilines is 1. The third-order valence-electron chi connectivity index (χ3n) is 5.61. The maximum Gasteiger partial charge on any atom is 0.338 e. The molecule has 0 N–H and O–H groups in total. The Balaban J connectivity index is 1.55. The van der Waals surface area contributed by atoms with E-state index in [1.54, 1.807) is 12.1 Å². The highest BCUT2D eigenvalue weighted by Gasteiger charge is 2.32. The van der Waals surface area contributed by atoms with Crippen molar-refractivity contribution in [1.29, 1.82) is 0 Å². The Hall–Kier alpha value is -3.00. The van der Waals surface area contributed by atoms with Gasteiger partial charge in [0.2, 0.25) is 5.78 Å². The van der Waals surface area contributed by atoms with Crippen LogP contribution in [0.15, 0.2) is 45.7 Å². The van der Waals surface area contributed by atoms with E-state index in [4.69, 9.17) is 4.74 Å². The number of hydrogen-bond acceptors (Lipinski definition) is 6. The fourth-order valence-electron chi connectivity index (χ4n) is 3.94. The number of carbonyl (C=O) groups excluding carboxylic acids is 2. The van der Waals surface area contributed by atoms with Crippen LogP contribution in [0.4, 0.5) is 5.69 Å². The van der Waals surface area contributed by atoms with Gasteiger partial charge in [-0.15, -0.1) is 4.40 Å². The van der Waals surface area contributed by atoms with E-state index in [0.29, 0.717) is 30.1 Å². The van der Waals surface area contributed by atoms with Gasteiger partial charge in [-0.1, -0.05) is 24.1 Å². The summed E-state index contributed by atoms with van der Waals surface area (Å²) in [5.74, 6) is -0.499. The Kier molecular flexibility index (Phi) is 5.66. The Morgan fingerprint density at radius 3 is 2.68 bits per heavy atom. The molecular weight excluding hydrogens is 416 g/mol. The lowest BCUT2D eigenvalue weighted by Gasteiger charge is -2.29. The van der Waals surface area contributed by atoms with Crippen LogP contribution in [0, 0.1) is 13.8 Å². The number of ether oxygens (including phenoxy) is 1. The van der Waals surface area contributed by atoms with Gasteiger partial charge in [-0.05, 0) is 56.5 Å². The largest absolute Gasteiger partial charge is 0.454 e. The van der Waals surface area contributed by atoms with Crippen molar-refractivity contribution >= 4 is 33.3 Å². The van der Waals surface area contributed by atoms with Crippen molar-refractivity contribution < 1.29 is 22.7 Å². The van der Waals surface area contributed by atoms with Crippen molar-refractivity contribution in [3.05, 3.63) is 58.7 Å². The number of fused-ring (bicyclic) bond motifs is 3. The zero-order chi connectivity index (χ0) is 22.2. The normalized spacial score (nSPS) is 17.1. The molecule has 7 nitrogen and oxygen atoms in total. The predicted octanol–water partition coefficient (Wildman–Crippen LogP) is 3.82. The minimum atomic E-state index is -3.90. The van der Waals surface area contributed by atoms with Crippen LogP contribution in [0.2, 0.25) is 0 Å². The average Bonchev–Trinajstić information content (AvgIpc) is 2.98. The molecule has 0 saturated carbocycles. The zero-order valence-electron chi connectivity index (χ0n) is 17.6. The summed E-state index contributed by atoms with van der Waals surface area (Å²) in [6, 6.07) is 9.96. The van der Waals surface area contributed by atoms with E-state index >= 15 is 0 Å². The van der Waals surface area contributed by atoms with Crippen LogP contribution in [0.25, 0.3) is 0 Å². The zero-order valence-corrected chi connectivity index (χ0v) is 18.4. The van der Waals surface area contributed by atoms with Gasteiger partial charge in [0.05, 0.1) is 11.3 Å². The maximum atomic E-state index is 12.7. The van der Waals surface area contributed by atoms with Gasteiger partial charge in [-0.3, -0.25) is 4.79 Å². The topological polar surface area (TPSA) is 93.1 Å². The molecule has 0 radical (unpaired) electrons. The molecule has 0 unspecified atom stereocenters. The van der Waals surface area contributed by atoms with Crippen LogP contribution < -0.4 is 4.90 Å². The summed E-state index contributed by atoms with van der Waals surface area (Å²) in [6.07, 6.45) is 3.48. The second-order valence-corrected chi connectivity index (χ2v) is 9.52. The molecule has 2 heterocycles. The van der Waals surface area contributed by atoms with Gasteiger partial charge in [0, 0.05) is 18.5 Å². The monoisotopic (exact) mass is 440 g/mol. The van der Waals surface area contributed by atoms with Crippen LogP contribution in [0.3, 0.4) is 0 Å². The highest BCUT2D eigenvalue weighted by molar-refractivity contribution is 7.90. The van der Waals surface area contributed by atoms with Crippen molar-refractivity contribution in [2.75, 3.05) is 18.1 Å². The summed E-state index contributed by atoms with van der Waals surface area (Å²) in [4.78, 5) is 26.9. The van der Waals surface area contributed by atoms with Gasteiger partial charge < -0.3 is 9.64 Å². The van der Waals surface area contributed by atoms with Crippen molar-refractivity contribution in [3.8, 4) is 0 Å². The summed E-state index contributed by atoms with van der Waals surface area (Å²) < 4.78 is 34.6. The smallest absolute Gasteiger partial charge is 0.338 e. The lowest BCUT2D eigenvalue weighted by Crippen LogP contribution is -2.35. The molecule has 0 amide bonds. The molecule has 162 valence electrons. The minimum absolute atomic E-state index is 0.00606. The first kappa shape index (κ1) is 21.2. The first-order valence-electron chi connectivity index (χ1n) is 10.3. The van der Waals surface area contributed by atoms with E-state index in [1.807, 2.05) is 30.9 Å². The van der Waals surface area contributed by atoms with E-state index in [1.165, 1.54) is 12.1 Å². The average molecular weight is 441 g/mol. The van der Waals surface area contributed by atoms with Gasteiger partial charge in [0.15, 0.2) is 6.61 Å². The Morgan fingerprint density at radius 2 is 1.87 bits per heavy atom. The molecule has 2 aliphatic heterocycles. The van der Waals surface area contributed by atoms with E-state index in [9.17, 15) is 18.0 Å². The fourth-order valence-corrected chi connectivity index (χ4v) is 5.22. The molecule has 2 aliphatic rings. The summed E-state index contributed by atoms with van der Waals surface area (Å²) in [5, 5.41) is 0. The third-order valence-corrected chi connectivity index (χ3v) is 6.95. The molecule has 0 atom stereocenters. The third kappa shape index (κ3) is 4.25. The summed E-state index contributed by atoms with van der Waals surface area (Å²) >= 11 is 0. The van der Waals surface area contributed by atoms with Crippen LogP contribution >= 0.6 is 0 Å². The van der Waals surface area contributed by atoms with E-state index < -0.39 is 22.6 Å². The first-order valence-corrected chi connectivity index (χ1v) is 11.7. The van der Waals surface area contributed by atoms with Crippen LogP contribution in [-0.2, 0) is 14.8 Å². The number of benzene rings is 2. The lowest BCUT2D eigenvalue weighted by molar-refractivity contribution is 0.0474. The molecule has 2 aromatic rings. The highest BCUT2D eigenvalue weighted by Crippen LogP contribution is 2.35. The molecule has 4 rings (SSSR count). The van der Waals surface area contributed by atoms with Crippen molar-refractivity contribution in [2.45, 2.75) is 44.4 Å². The van der Waals surface area contributed by atoms with Gasteiger partial charge in [-0.2, -0.15) is 8.42 Å². The van der Waals surface area contributed by atoms with Crippen LogP contribution in [0.1, 0.15) is 57.5 Å². The van der Waals surface area contributed by atoms with Gasteiger partial charge in [-0.25, -0.2) is 4.79 Å². The standard InChI is InChI=1S/C23H24N2O5S/c1-15-7-8-16(2)18(12-15)20(26)14-30-23(27)17-9-10-19-21(13-17)31(28,29)24-22-6-4-3-5-11-25(19)22/h7-10,12-13H,3-6,11,14H2,1-2H3. The molecular formula is C23H24N2O5S. The van der Waals surface area contributed by atoms with Crippen LogP contribution in [-0.4, -0.2) is 39.2 Å². The molecule has 0 spiro atoms. The Labute approximate surface area is 181 Å². The number of aryl methyl sites for hydroxylation is 2. The van der Waals surface area contributed by atoms with Gasteiger partial charge in [0.1, 0.15) is 10.7 Å². The highest BCUT2D eigenvalue weighted by atomic mass is 32.2. The Morgan fingerprint density at radius 1 is 1.06 bits per heavy atom. The second-order valence-electron chi connectivity index (χ2n) is 7.95. The molecule has 1 fully saturated rings. The number of sulfonamides is 1. The summed E-state index contributed by atoms with van der Waals surface area (Å²) in [7, 11) is -3.90. The molecule has 0 bridgehead atoms. The molecule has 1 saturated heterocycles. The van der Waals surface area contributed by atoms with E-state index in [2.05, 4.69) is 4.40 Å². The minimum Gasteiger partial charge on any atom is -0.454 e. The van der Waals surface area contributed by atoms with Crippen molar-refractivity contribution in [3.63, 3.8) is 0 Å². The number of Topliss-reactive ketones (excluding diaryl/α,β-unsaturated/α-hetero) is 1. The molecule has 8 heteroatoms. The second kappa shape index (κ2) is 8.26. The molecule has 31 heavy (non-hydrogen) atoms. The van der Waals surface area contributed by atoms with Gasteiger partial charge >= 0.3 is 5.97 Å². The lowest BCUT2D eigenvalue weighted by atomic mass is 10.0. The number of ketones is 1. The number of hydrogen-bond donors (Lipinski definition) is 0. The summed E-state index contributed by atoms with van der Waals surface area (Å²) in [5.41, 5.74) is 2.86. The number of nitrogens with zero attached hydrogens (tertiary/aromatic N) is 2. The molecule has 0 aromatic heterocycles. The molecule has 2 aromatic carbocycles. The maximum absolute atomic E-state index is 12.7. The van der Waals surface area contributed by atoms with Crippen molar-refractivity contribution in [1.82, 2.24) is 0 Å². The number of rotatable bonds is 4. The Bertz CT molecular complexity index is 1200.